The highest BCUT2D eigenvalue weighted by atomic mass is 15.1. The quantitative estimate of drug-likeness (QED) is 0.921. The topological polar surface area (TPSA) is 39.1 Å². The third-order valence-corrected chi connectivity index (χ3v) is 3.89. The van der Waals surface area contributed by atoms with Crippen LogP contribution < -0.4 is 5.32 Å². The molecule has 1 aliphatic rings. The van der Waals surface area contributed by atoms with Crippen molar-refractivity contribution in [2.24, 2.45) is 0 Å². The number of rotatable bonds is 4. The second-order valence-corrected chi connectivity index (χ2v) is 5.46. The summed E-state index contributed by atoms with van der Waals surface area (Å²) in [4.78, 5) is 2.49. The zero-order valence-corrected chi connectivity index (χ0v) is 12.0. The monoisotopic (exact) mass is 277 g/mol. The first-order valence-electron chi connectivity index (χ1n) is 7.42. The average molecular weight is 277 g/mol. The number of anilines is 2. The van der Waals surface area contributed by atoms with Crippen LogP contribution in [0, 0.1) is 11.3 Å². The highest BCUT2D eigenvalue weighted by Gasteiger charge is 2.11. The number of nitrogens with one attached hydrogen (secondary N) is 1. The highest BCUT2D eigenvalue weighted by molar-refractivity contribution is 5.66. The Labute approximate surface area is 125 Å². The van der Waals surface area contributed by atoms with E-state index in [4.69, 9.17) is 5.26 Å². The van der Waals surface area contributed by atoms with Crippen molar-refractivity contribution in [2.75, 3.05) is 18.4 Å². The summed E-state index contributed by atoms with van der Waals surface area (Å²) in [5.74, 6) is 0. The zero-order valence-electron chi connectivity index (χ0n) is 12.0. The van der Waals surface area contributed by atoms with E-state index in [1.54, 1.807) is 0 Å². The normalized spacial score (nSPS) is 14.8. The third-order valence-electron chi connectivity index (χ3n) is 3.89. The Hall–Kier alpha value is -2.31. The van der Waals surface area contributed by atoms with Gasteiger partial charge in [0, 0.05) is 12.2 Å². The molecule has 21 heavy (non-hydrogen) atoms. The minimum Gasteiger partial charge on any atom is -0.354 e. The van der Waals surface area contributed by atoms with Gasteiger partial charge in [-0.25, -0.2) is 0 Å². The van der Waals surface area contributed by atoms with E-state index in [9.17, 15) is 0 Å². The predicted molar refractivity (Wildman–Crippen MR) is 85.4 cm³/mol. The second kappa shape index (κ2) is 6.43. The maximum atomic E-state index is 9.10. The molecule has 1 heterocycles. The van der Waals surface area contributed by atoms with Crippen LogP contribution in [0.2, 0.25) is 0 Å². The molecule has 0 aromatic heterocycles. The van der Waals surface area contributed by atoms with Gasteiger partial charge in [0.1, 0.15) is 6.07 Å². The molecule has 1 N–H and O–H groups in total. The smallest absolute Gasteiger partial charge is 0.101 e. The standard InChI is InChI=1S/C18H19N3/c19-13-16-5-1-2-6-18(16)20-17-9-7-15(8-10-17)14-21-11-3-4-12-21/h1-2,5-10,20H,3-4,11-12,14H2. The van der Waals surface area contributed by atoms with Crippen molar-refractivity contribution in [2.45, 2.75) is 19.4 Å². The Morgan fingerprint density at radius 2 is 1.71 bits per heavy atom. The molecule has 2 aromatic carbocycles. The lowest BCUT2D eigenvalue weighted by Gasteiger charge is -2.15. The van der Waals surface area contributed by atoms with Gasteiger partial charge in [-0.05, 0) is 55.8 Å². The molecule has 1 aliphatic heterocycles. The third kappa shape index (κ3) is 3.42. The first-order valence-corrected chi connectivity index (χ1v) is 7.42. The molecule has 0 saturated carbocycles. The molecule has 3 nitrogen and oxygen atoms in total. The van der Waals surface area contributed by atoms with Crippen molar-refractivity contribution in [1.82, 2.24) is 4.90 Å². The van der Waals surface area contributed by atoms with E-state index in [0.717, 1.165) is 17.9 Å². The fourth-order valence-electron chi connectivity index (χ4n) is 2.74. The van der Waals surface area contributed by atoms with Gasteiger partial charge in [-0.1, -0.05) is 24.3 Å². The Morgan fingerprint density at radius 1 is 1.00 bits per heavy atom. The lowest BCUT2D eigenvalue weighted by atomic mass is 10.1. The van der Waals surface area contributed by atoms with E-state index in [1.807, 2.05) is 24.3 Å². The number of para-hydroxylation sites is 1. The Balaban J connectivity index is 1.68. The average Bonchev–Trinajstić information content (AvgIpc) is 3.03. The molecule has 0 spiro atoms. The maximum absolute atomic E-state index is 9.10. The van der Waals surface area contributed by atoms with Crippen molar-refractivity contribution >= 4 is 11.4 Å². The maximum Gasteiger partial charge on any atom is 0.101 e. The summed E-state index contributed by atoms with van der Waals surface area (Å²) in [5, 5.41) is 12.4. The molecule has 0 bridgehead atoms. The lowest BCUT2D eigenvalue weighted by Crippen LogP contribution is -2.18. The van der Waals surface area contributed by atoms with Crippen LogP contribution in [0.1, 0.15) is 24.0 Å². The van der Waals surface area contributed by atoms with Gasteiger partial charge in [0.25, 0.3) is 0 Å². The van der Waals surface area contributed by atoms with Gasteiger partial charge >= 0.3 is 0 Å². The molecule has 106 valence electrons. The molecule has 3 rings (SSSR count). The molecule has 3 heteroatoms. The van der Waals surface area contributed by atoms with Gasteiger partial charge in [0.2, 0.25) is 0 Å². The van der Waals surface area contributed by atoms with E-state index in [-0.39, 0.29) is 0 Å². The summed E-state index contributed by atoms with van der Waals surface area (Å²) in [5.41, 5.74) is 3.88. The van der Waals surface area contributed by atoms with Crippen molar-refractivity contribution < 1.29 is 0 Å². The molecular weight excluding hydrogens is 258 g/mol. The second-order valence-electron chi connectivity index (χ2n) is 5.46. The zero-order chi connectivity index (χ0) is 14.5. The summed E-state index contributed by atoms with van der Waals surface area (Å²) in [6.45, 7) is 3.47. The molecule has 0 aliphatic carbocycles. The fourth-order valence-corrected chi connectivity index (χ4v) is 2.74. The minimum absolute atomic E-state index is 0.665. The van der Waals surface area contributed by atoms with Crippen LogP contribution in [0.3, 0.4) is 0 Å². The van der Waals surface area contributed by atoms with Crippen molar-refractivity contribution in [3.05, 3.63) is 59.7 Å². The van der Waals surface area contributed by atoms with Crippen molar-refractivity contribution in [1.29, 1.82) is 5.26 Å². The van der Waals surface area contributed by atoms with E-state index in [1.165, 1.54) is 31.5 Å². The number of nitrogens with zero attached hydrogens (tertiary/aromatic N) is 2. The number of benzene rings is 2. The first kappa shape index (κ1) is 13.7. The summed E-state index contributed by atoms with van der Waals surface area (Å²) in [6.07, 6.45) is 2.65. The number of nitriles is 1. The van der Waals surface area contributed by atoms with Gasteiger partial charge in [-0.15, -0.1) is 0 Å². The van der Waals surface area contributed by atoms with Crippen LogP contribution in [0.5, 0.6) is 0 Å². The van der Waals surface area contributed by atoms with Crippen molar-refractivity contribution in [3.8, 4) is 6.07 Å². The number of hydrogen-bond acceptors (Lipinski definition) is 3. The SMILES string of the molecule is N#Cc1ccccc1Nc1ccc(CN2CCCC2)cc1. The number of likely N-dealkylation sites (tertiary alicyclic amines) is 1. The highest BCUT2D eigenvalue weighted by Crippen LogP contribution is 2.21. The number of hydrogen-bond donors (Lipinski definition) is 1. The van der Waals surface area contributed by atoms with Crippen LogP contribution in [0.4, 0.5) is 11.4 Å². The van der Waals surface area contributed by atoms with E-state index in [0.29, 0.717) is 5.56 Å². The van der Waals surface area contributed by atoms with Crippen LogP contribution in [0.15, 0.2) is 48.5 Å². The molecule has 0 atom stereocenters. The van der Waals surface area contributed by atoms with Crippen LogP contribution in [-0.4, -0.2) is 18.0 Å². The Kier molecular flexibility index (Phi) is 4.18. The predicted octanol–water partition coefficient (Wildman–Crippen LogP) is 3.90. The van der Waals surface area contributed by atoms with Crippen LogP contribution in [0.25, 0.3) is 0 Å². The van der Waals surface area contributed by atoms with Gasteiger partial charge < -0.3 is 5.32 Å². The van der Waals surface area contributed by atoms with Crippen LogP contribution >= 0.6 is 0 Å². The van der Waals surface area contributed by atoms with Gasteiger partial charge in [-0.2, -0.15) is 5.26 Å². The van der Waals surface area contributed by atoms with E-state index >= 15 is 0 Å². The van der Waals surface area contributed by atoms with Gasteiger partial charge in [0.05, 0.1) is 11.3 Å². The molecule has 2 aromatic rings. The summed E-state index contributed by atoms with van der Waals surface area (Å²) in [7, 11) is 0. The van der Waals surface area contributed by atoms with E-state index < -0.39 is 0 Å². The molecule has 0 unspecified atom stereocenters. The first-order chi connectivity index (χ1) is 10.3. The van der Waals surface area contributed by atoms with Crippen LogP contribution in [-0.2, 0) is 6.54 Å². The summed E-state index contributed by atoms with van der Waals surface area (Å²) in [6, 6.07) is 18.3. The van der Waals surface area contributed by atoms with Crippen molar-refractivity contribution in [3.63, 3.8) is 0 Å². The Morgan fingerprint density at radius 3 is 2.43 bits per heavy atom. The summed E-state index contributed by atoms with van der Waals surface area (Å²) >= 11 is 0. The molecular formula is C18H19N3. The minimum atomic E-state index is 0.665. The fraction of sp³-hybridized carbons (Fsp3) is 0.278. The summed E-state index contributed by atoms with van der Waals surface area (Å²) < 4.78 is 0. The lowest BCUT2D eigenvalue weighted by molar-refractivity contribution is 0.331. The van der Waals surface area contributed by atoms with E-state index in [2.05, 4.69) is 40.6 Å². The molecule has 0 amide bonds. The molecule has 1 saturated heterocycles. The van der Waals surface area contributed by atoms with Gasteiger partial charge in [0.15, 0.2) is 0 Å². The molecule has 1 fully saturated rings. The largest absolute Gasteiger partial charge is 0.354 e. The molecule has 0 radical (unpaired) electrons. The van der Waals surface area contributed by atoms with Gasteiger partial charge in [-0.3, -0.25) is 4.90 Å². The Bertz CT molecular complexity index is 634.